The highest BCUT2D eigenvalue weighted by molar-refractivity contribution is 7.91. The second kappa shape index (κ2) is 10.1. The van der Waals surface area contributed by atoms with E-state index in [9.17, 15) is 18.0 Å². The van der Waals surface area contributed by atoms with Gasteiger partial charge in [0.2, 0.25) is 0 Å². The third-order valence-corrected chi connectivity index (χ3v) is 7.13. The Morgan fingerprint density at radius 1 is 1.13 bits per heavy atom. The summed E-state index contributed by atoms with van der Waals surface area (Å²) in [4.78, 5) is 24.3. The van der Waals surface area contributed by atoms with Crippen LogP contribution in [0.2, 0.25) is 0 Å². The second-order valence-corrected chi connectivity index (χ2v) is 9.86. The summed E-state index contributed by atoms with van der Waals surface area (Å²) in [5.74, 6) is -0.162. The Morgan fingerprint density at radius 3 is 2.57 bits per heavy atom. The number of sulfone groups is 1. The predicted octanol–water partition coefficient (Wildman–Crippen LogP) is 2.25. The molecule has 1 fully saturated rings. The first kappa shape index (κ1) is 22.4. The number of hydrogen-bond donors (Lipinski definition) is 1. The molecule has 166 valence electrons. The average Bonchev–Trinajstić information content (AvgIpc) is 2.76. The van der Waals surface area contributed by atoms with E-state index in [1.54, 1.807) is 6.07 Å². The van der Waals surface area contributed by atoms with Crippen molar-refractivity contribution in [3.8, 4) is 11.5 Å². The molecule has 1 atom stereocenters. The molecule has 0 aromatic heterocycles. The van der Waals surface area contributed by atoms with Gasteiger partial charge in [-0.15, -0.1) is 0 Å². The number of esters is 1. The zero-order chi connectivity index (χ0) is 21.6. The maximum Gasteiger partial charge on any atom is 0.307 e. The fourth-order valence-electron chi connectivity index (χ4n) is 3.64. The molecule has 9 heteroatoms. The molecular weight excluding hydrogens is 410 g/mol. The Bertz CT molecular complexity index is 862. The number of rotatable bonds is 8. The van der Waals surface area contributed by atoms with Crippen LogP contribution < -0.4 is 14.8 Å². The van der Waals surface area contributed by atoms with Gasteiger partial charge in [0.05, 0.1) is 17.1 Å². The van der Waals surface area contributed by atoms with Gasteiger partial charge in [0, 0.05) is 12.6 Å². The van der Waals surface area contributed by atoms with Crippen LogP contribution in [-0.4, -0.2) is 51.9 Å². The smallest absolute Gasteiger partial charge is 0.307 e. The van der Waals surface area contributed by atoms with Crippen molar-refractivity contribution < 1.29 is 32.2 Å². The maximum atomic E-state index is 12.5. The van der Waals surface area contributed by atoms with Crippen LogP contribution in [-0.2, 0) is 24.2 Å². The first-order valence-corrected chi connectivity index (χ1v) is 12.1. The molecule has 3 rings (SSSR count). The highest BCUT2D eigenvalue weighted by Gasteiger charge is 2.24. The fraction of sp³-hybridized carbons (Fsp3) is 0.619. The van der Waals surface area contributed by atoms with E-state index in [2.05, 4.69) is 5.32 Å². The van der Waals surface area contributed by atoms with E-state index in [0.29, 0.717) is 37.2 Å². The van der Waals surface area contributed by atoms with Crippen molar-refractivity contribution in [2.45, 2.75) is 56.4 Å². The molecule has 1 N–H and O–H groups in total. The molecule has 2 aliphatic rings. The molecule has 30 heavy (non-hydrogen) atoms. The number of carbonyl (C=O) groups is 2. The van der Waals surface area contributed by atoms with Gasteiger partial charge < -0.3 is 19.5 Å². The van der Waals surface area contributed by atoms with Crippen LogP contribution >= 0.6 is 0 Å². The van der Waals surface area contributed by atoms with Crippen molar-refractivity contribution >= 4 is 21.7 Å². The Morgan fingerprint density at radius 2 is 1.83 bits per heavy atom. The Hall–Kier alpha value is -2.29. The summed E-state index contributed by atoms with van der Waals surface area (Å²) in [5.41, 5.74) is 0. The highest BCUT2D eigenvalue weighted by atomic mass is 32.2. The minimum absolute atomic E-state index is 0.0535. The number of benzene rings is 1. The van der Waals surface area contributed by atoms with Crippen LogP contribution in [0.3, 0.4) is 0 Å². The molecule has 1 aliphatic heterocycles. The third-order valence-electron chi connectivity index (χ3n) is 5.41. The van der Waals surface area contributed by atoms with Gasteiger partial charge in [-0.3, -0.25) is 9.59 Å². The Labute approximate surface area is 177 Å². The molecule has 1 amide bonds. The standard InChI is InChI=1S/C21H29NO7S/c1-15(21(24)22-14-16-5-3-2-4-6-16)29-20(23)9-12-30(25,26)17-7-8-18-19(13-17)28-11-10-27-18/h7-8,13,15-16H,2-6,9-12,14H2,1H3,(H,22,24). The van der Waals surface area contributed by atoms with Crippen LogP contribution in [0.4, 0.5) is 0 Å². The molecule has 0 saturated heterocycles. The minimum Gasteiger partial charge on any atom is -0.486 e. The van der Waals surface area contributed by atoms with Gasteiger partial charge in [-0.05, 0) is 37.8 Å². The van der Waals surface area contributed by atoms with E-state index in [1.165, 1.54) is 38.3 Å². The molecule has 1 aliphatic carbocycles. The van der Waals surface area contributed by atoms with Gasteiger partial charge in [0.25, 0.3) is 5.91 Å². The molecule has 0 radical (unpaired) electrons. The van der Waals surface area contributed by atoms with E-state index < -0.39 is 27.7 Å². The van der Waals surface area contributed by atoms with Gasteiger partial charge >= 0.3 is 5.97 Å². The number of carbonyl (C=O) groups excluding carboxylic acids is 2. The van der Waals surface area contributed by atoms with Crippen LogP contribution in [0, 0.1) is 5.92 Å². The van der Waals surface area contributed by atoms with Crippen LogP contribution in [0.5, 0.6) is 11.5 Å². The molecule has 1 unspecified atom stereocenters. The lowest BCUT2D eigenvalue weighted by atomic mass is 9.89. The first-order chi connectivity index (χ1) is 14.3. The SMILES string of the molecule is CC(OC(=O)CCS(=O)(=O)c1ccc2c(c1)OCCO2)C(=O)NCC1CCCCC1. The van der Waals surface area contributed by atoms with Crippen LogP contribution in [0.15, 0.2) is 23.1 Å². The predicted molar refractivity (Wildman–Crippen MR) is 109 cm³/mol. The summed E-state index contributed by atoms with van der Waals surface area (Å²) in [5, 5.41) is 2.82. The first-order valence-electron chi connectivity index (χ1n) is 10.4. The molecule has 1 saturated carbocycles. The zero-order valence-electron chi connectivity index (χ0n) is 17.2. The highest BCUT2D eigenvalue weighted by Crippen LogP contribution is 2.32. The Balaban J connectivity index is 1.45. The van der Waals surface area contributed by atoms with Crippen LogP contribution in [0.25, 0.3) is 0 Å². The van der Waals surface area contributed by atoms with Crippen molar-refractivity contribution in [1.29, 1.82) is 0 Å². The molecule has 0 spiro atoms. The minimum atomic E-state index is -3.71. The van der Waals surface area contributed by atoms with E-state index in [4.69, 9.17) is 14.2 Å². The van der Waals surface area contributed by atoms with Gasteiger partial charge in [-0.1, -0.05) is 19.3 Å². The lowest BCUT2D eigenvalue weighted by molar-refractivity contribution is -0.154. The van der Waals surface area contributed by atoms with E-state index >= 15 is 0 Å². The largest absolute Gasteiger partial charge is 0.486 e. The van der Waals surface area contributed by atoms with E-state index in [0.717, 1.165) is 12.8 Å². The summed E-state index contributed by atoms with van der Waals surface area (Å²) < 4.78 is 41.0. The lowest BCUT2D eigenvalue weighted by Crippen LogP contribution is -2.38. The fourth-order valence-corrected chi connectivity index (χ4v) is 4.88. The molecule has 1 heterocycles. The molecule has 0 bridgehead atoms. The Kier molecular flexibility index (Phi) is 7.58. The number of fused-ring (bicyclic) bond motifs is 1. The van der Waals surface area contributed by atoms with Gasteiger partial charge in [-0.2, -0.15) is 0 Å². The van der Waals surface area contributed by atoms with Crippen molar-refractivity contribution in [2.75, 3.05) is 25.5 Å². The summed E-state index contributed by atoms with van der Waals surface area (Å²) in [7, 11) is -3.71. The number of ether oxygens (including phenoxy) is 3. The monoisotopic (exact) mass is 439 g/mol. The van der Waals surface area contributed by atoms with Gasteiger partial charge in [0.15, 0.2) is 27.4 Å². The molecular formula is C21H29NO7S. The number of hydrogen-bond acceptors (Lipinski definition) is 7. The lowest BCUT2D eigenvalue weighted by Gasteiger charge is -2.22. The second-order valence-electron chi connectivity index (χ2n) is 7.76. The molecule has 8 nitrogen and oxygen atoms in total. The number of amides is 1. The van der Waals surface area contributed by atoms with Gasteiger partial charge in [0.1, 0.15) is 13.2 Å². The molecule has 1 aromatic rings. The summed E-state index contributed by atoms with van der Waals surface area (Å²) in [6.45, 7) is 2.84. The van der Waals surface area contributed by atoms with Crippen molar-refractivity contribution in [2.24, 2.45) is 5.92 Å². The maximum absolute atomic E-state index is 12.5. The summed E-state index contributed by atoms with van der Waals surface area (Å²) in [6, 6.07) is 4.37. The quantitative estimate of drug-likeness (QED) is 0.619. The third kappa shape index (κ3) is 6.10. The molecule has 1 aromatic carbocycles. The summed E-state index contributed by atoms with van der Waals surface area (Å²) in [6.07, 6.45) is 4.52. The van der Waals surface area contributed by atoms with E-state index in [-0.39, 0.29) is 17.2 Å². The average molecular weight is 440 g/mol. The van der Waals surface area contributed by atoms with Crippen molar-refractivity contribution in [3.63, 3.8) is 0 Å². The van der Waals surface area contributed by atoms with Crippen molar-refractivity contribution in [3.05, 3.63) is 18.2 Å². The topological polar surface area (TPSA) is 108 Å². The van der Waals surface area contributed by atoms with Crippen LogP contribution in [0.1, 0.15) is 45.4 Å². The number of nitrogens with one attached hydrogen (secondary N) is 1. The zero-order valence-corrected chi connectivity index (χ0v) is 18.0. The van der Waals surface area contributed by atoms with Crippen molar-refractivity contribution in [1.82, 2.24) is 5.32 Å². The normalized spacial score (nSPS) is 17.8. The summed E-state index contributed by atoms with van der Waals surface area (Å²) >= 11 is 0. The van der Waals surface area contributed by atoms with Gasteiger partial charge in [-0.25, -0.2) is 8.42 Å². The van der Waals surface area contributed by atoms with E-state index in [1.807, 2.05) is 0 Å².